The van der Waals surface area contributed by atoms with Crippen molar-refractivity contribution in [3.8, 4) is 0 Å². The van der Waals surface area contributed by atoms with Gasteiger partial charge in [0.15, 0.2) is 0 Å². The Morgan fingerprint density at radius 3 is 2.71 bits per heavy atom. The first-order valence-electron chi connectivity index (χ1n) is 8.99. The molecule has 1 saturated carbocycles. The second-order valence-corrected chi connectivity index (χ2v) is 7.86. The standard InChI is InChI=1S/C19H26N2O2S/c22-18-13-15(14-21(18)16-7-4-5-8-16)19(23)20-11-6-12-24-17-9-2-1-3-10-17/h1-3,9-10,15-16H,4-8,11-14H2,(H,20,23)/t15-/m0/s1. The number of thioether (sulfide) groups is 1. The third-order valence-electron chi connectivity index (χ3n) is 4.93. The number of benzene rings is 1. The lowest BCUT2D eigenvalue weighted by Gasteiger charge is -2.23. The molecule has 2 fully saturated rings. The van der Waals surface area contributed by atoms with Crippen LogP contribution in [0.15, 0.2) is 35.2 Å². The summed E-state index contributed by atoms with van der Waals surface area (Å²) in [5.74, 6) is 1.05. The summed E-state index contributed by atoms with van der Waals surface area (Å²) in [6.45, 7) is 1.31. The fourth-order valence-corrected chi connectivity index (χ4v) is 4.48. The average molecular weight is 346 g/mol. The van der Waals surface area contributed by atoms with Crippen molar-refractivity contribution in [3.05, 3.63) is 30.3 Å². The van der Waals surface area contributed by atoms with Crippen molar-refractivity contribution in [2.45, 2.75) is 49.5 Å². The molecule has 2 aliphatic rings. The summed E-state index contributed by atoms with van der Waals surface area (Å²) in [4.78, 5) is 27.7. The number of carbonyl (C=O) groups is 2. The van der Waals surface area contributed by atoms with Gasteiger partial charge in [-0.2, -0.15) is 0 Å². The van der Waals surface area contributed by atoms with Crippen LogP contribution in [-0.4, -0.2) is 41.6 Å². The molecule has 1 aromatic carbocycles. The normalized spacial score (nSPS) is 21.4. The summed E-state index contributed by atoms with van der Waals surface area (Å²) in [7, 11) is 0. The smallest absolute Gasteiger partial charge is 0.225 e. The van der Waals surface area contributed by atoms with Crippen LogP contribution in [-0.2, 0) is 9.59 Å². The van der Waals surface area contributed by atoms with Gasteiger partial charge in [-0.1, -0.05) is 31.0 Å². The highest BCUT2D eigenvalue weighted by atomic mass is 32.2. The SMILES string of the molecule is O=C(NCCCSc1ccccc1)[C@H]1CC(=O)N(C2CCCC2)C1. The van der Waals surface area contributed by atoms with Crippen molar-refractivity contribution in [2.75, 3.05) is 18.8 Å². The average Bonchev–Trinajstić information content (AvgIpc) is 3.24. The summed E-state index contributed by atoms with van der Waals surface area (Å²) in [5.41, 5.74) is 0. The van der Waals surface area contributed by atoms with Gasteiger partial charge in [0.25, 0.3) is 0 Å². The van der Waals surface area contributed by atoms with Crippen molar-refractivity contribution < 1.29 is 9.59 Å². The van der Waals surface area contributed by atoms with Gasteiger partial charge >= 0.3 is 0 Å². The fourth-order valence-electron chi connectivity index (χ4n) is 3.61. The summed E-state index contributed by atoms with van der Waals surface area (Å²) < 4.78 is 0. The Morgan fingerprint density at radius 1 is 1.21 bits per heavy atom. The minimum Gasteiger partial charge on any atom is -0.356 e. The number of amides is 2. The maximum absolute atomic E-state index is 12.3. The van der Waals surface area contributed by atoms with E-state index in [-0.39, 0.29) is 17.7 Å². The van der Waals surface area contributed by atoms with Crippen LogP contribution in [0.3, 0.4) is 0 Å². The number of hydrogen-bond acceptors (Lipinski definition) is 3. The van der Waals surface area contributed by atoms with E-state index in [0.29, 0.717) is 25.6 Å². The number of carbonyl (C=O) groups excluding carboxylic acids is 2. The van der Waals surface area contributed by atoms with E-state index >= 15 is 0 Å². The van der Waals surface area contributed by atoms with Crippen LogP contribution in [0.5, 0.6) is 0 Å². The zero-order chi connectivity index (χ0) is 16.8. The minimum atomic E-state index is -0.153. The number of rotatable bonds is 7. The van der Waals surface area contributed by atoms with Crippen LogP contribution in [0.4, 0.5) is 0 Å². The van der Waals surface area contributed by atoms with E-state index in [2.05, 4.69) is 17.4 Å². The van der Waals surface area contributed by atoms with Crippen molar-refractivity contribution in [3.63, 3.8) is 0 Å². The van der Waals surface area contributed by atoms with E-state index in [0.717, 1.165) is 25.0 Å². The molecule has 4 nitrogen and oxygen atoms in total. The van der Waals surface area contributed by atoms with Gasteiger partial charge < -0.3 is 10.2 Å². The van der Waals surface area contributed by atoms with Crippen molar-refractivity contribution >= 4 is 23.6 Å². The van der Waals surface area contributed by atoms with Crippen molar-refractivity contribution in [1.29, 1.82) is 0 Å². The molecule has 1 atom stereocenters. The van der Waals surface area contributed by atoms with E-state index in [1.54, 1.807) is 0 Å². The van der Waals surface area contributed by atoms with Crippen LogP contribution in [0.1, 0.15) is 38.5 Å². The van der Waals surface area contributed by atoms with Gasteiger partial charge in [0, 0.05) is 30.4 Å². The lowest BCUT2D eigenvalue weighted by Crippen LogP contribution is -2.37. The highest BCUT2D eigenvalue weighted by Crippen LogP contribution is 2.29. The maximum Gasteiger partial charge on any atom is 0.225 e. The third kappa shape index (κ3) is 4.53. The molecule has 1 aliphatic heterocycles. The molecular formula is C19H26N2O2S. The molecule has 0 aromatic heterocycles. The number of hydrogen-bond donors (Lipinski definition) is 1. The van der Waals surface area contributed by atoms with Gasteiger partial charge in [-0.05, 0) is 37.1 Å². The quantitative estimate of drug-likeness (QED) is 0.610. The summed E-state index contributed by atoms with van der Waals surface area (Å²) in [6.07, 6.45) is 5.97. The zero-order valence-corrected chi connectivity index (χ0v) is 14.9. The molecule has 1 N–H and O–H groups in total. The van der Waals surface area contributed by atoms with E-state index in [1.807, 2.05) is 34.9 Å². The largest absolute Gasteiger partial charge is 0.356 e. The van der Waals surface area contributed by atoms with E-state index < -0.39 is 0 Å². The predicted octanol–water partition coefficient (Wildman–Crippen LogP) is 3.08. The first kappa shape index (κ1) is 17.3. The molecule has 24 heavy (non-hydrogen) atoms. The van der Waals surface area contributed by atoms with Crippen LogP contribution >= 0.6 is 11.8 Å². The molecule has 2 amide bonds. The minimum absolute atomic E-state index is 0.0496. The molecule has 1 saturated heterocycles. The van der Waals surface area contributed by atoms with E-state index in [4.69, 9.17) is 0 Å². The number of likely N-dealkylation sites (tertiary alicyclic amines) is 1. The molecule has 0 bridgehead atoms. The zero-order valence-electron chi connectivity index (χ0n) is 14.1. The van der Waals surface area contributed by atoms with Gasteiger partial charge in [-0.25, -0.2) is 0 Å². The number of nitrogens with one attached hydrogen (secondary N) is 1. The summed E-state index contributed by atoms with van der Waals surface area (Å²) in [6, 6.07) is 10.7. The lowest BCUT2D eigenvalue weighted by molar-refractivity contribution is -0.130. The Hall–Kier alpha value is -1.49. The Bertz CT molecular complexity index is 558. The van der Waals surface area contributed by atoms with Gasteiger partial charge in [0.2, 0.25) is 11.8 Å². The van der Waals surface area contributed by atoms with Crippen LogP contribution in [0.25, 0.3) is 0 Å². The monoisotopic (exact) mass is 346 g/mol. The molecule has 0 spiro atoms. The lowest BCUT2D eigenvalue weighted by atomic mass is 10.1. The summed E-state index contributed by atoms with van der Waals surface area (Å²) >= 11 is 1.81. The maximum atomic E-state index is 12.3. The van der Waals surface area contributed by atoms with Crippen LogP contribution in [0.2, 0.25) is 0 Å². The molecule has 1 heterocycles. The highest BCUT2D eigenvalue weighted by molar-refractivity contribution is 7.99. The van der Waals surface area contributed by atoms with Gasteiger partial charge in [-0.3, -0.25) is 9.59 Å². The second-order valence-electron chi connectivity index (χ2n) is 6.69. The van der Waals surface area contributed by atoms with E-state index in [9.17, 15) is 9.59 Å². The predicted molar refractivity (Wildman–Crippen MR) is 96.9 cm³/mol. The molecule has 1 aliphatic carbocycles. The Morgan fingerprint density at radius 2 is 1.96 bits per heavy atom. The number of nitrogens with zero attached hydrogens (tertiary/aromatic N) is 1. The van der Waals surface area contributed by atoms with Crippen molar-refractivity contribution in [1.82, 2.24) is 10.2 Å². The molecule has 0 unspecified atom stereocenters. The molecular weight excluding hydrogens is 320 g/mol. The van der Waals surface area contributed by atoms with Gasteiger partial charge in [0.05, 0.1) is 5.92 Å². The summed E-state index contributed by atoms with van der Waals surface area (Å²) in [5, 5.41) is 3.01. The first-order valence-corrected chi connectivity index (χ1v) is 9.97. The Labute approximate surface area is 148 Å². The molecule has 5 heteroatoms. The van der Waals surface area contributed by atoms with Gasteiger partial charge in [-0.15, -0.1) is 11.8 Å². The second kappa shape index (κ2) is 8.56. The Balaban J connectivity index is 1.34. The fraction of sp³-hybridized carbons (Fsp3) is 0.579. The van der Waals surface area contributed by atoms with Gasteiger partial charge in [0.1, 0.15) is 0 Å². The Kier molecular flexibility index (Phi) is 6.18. The van der Waals surface area contributed by atoms with Crippen LogP contribution < -0.4 is 5.32 Å². The molecule has 3 rings (SSSR count). The van der Waals surface area contributed by atoms with Crippen molar-refractivity contribution in [2.24, 2.45) is 5.92 Å². The third-order valence-corrected chi connectivity index (χ3v) is 6.03. The van der Waals surface area contributed by atoms with Crippen LogP contribution in [0, 0.1) is 5.92 Å². The molecule has 1 aromatic rings. The van der Waals surface area contributed by atoms with E-state index in [1.165, 1.54) is 17.7 Å². The topological polar surface area (TPSA) is 49.4 Å². The molecule has 130 valence electrons. The highest BCUT2D eigenvalue weighted by Gasteiger charge is 2.38. The first-order chi connectivity index (χ1) is 11.7. The molecule has 0 radical (unpaired) electrons.